The second-order valence-electron chi connectivity index (χ2n) is 10.2. The molecule has 12 heteroatoms. The maximum atomic E-state index is 14.1. The Morgan fingerprint density at radius 3 is 2.19 bits per heavy atom. The number of halogens is 4. The molecule has 0 spiro atoms. The van der Waals surface area contributed by atoms with Crippen molar-refractivity contribution >= 4 is 62.3 Å². The van der Waals surface area contributed by atoms with Crippen LogP contribution in [0.2, 0.25) is 15.1 Å². The van der Waals surface area contributed by atoms with Crippen LogP contribution in [-0.4, -0.2) is 43.8 Å². The highest BCUT2D eigenvalue weighted by molar-refractivity contribution is 7.92. The van der Waals surface area contributed by atoms with Crippen LogP contribution in [-0.2, 0) is 26.2 Å². The van der Waals surface area contributed by atoms with Gasteiger partial charge in [0.2, 0.25) is 11.8 Å². The van der Waals surface area contributed by atoms with Crippen LogP contribution in [0.15, 0.2) is 71.6 Å². The van der Waals surface area contributed by atoms with Gasteiger partial charge in [0.1, 0.15) is 18.4 Å². The molecular formula is C30H31Cl3FN3O4S. The number of carbonyl (C=O) groups excluding carboxylic acids is 2. The molecule has 224 valence electrons. The van der Waals surface area contributed by atoms with Crippen LogP contribution in [0, 0.1) is 5.82 Å². The minimum atomic E-state index is -4.32. The Hall–Kier alpha value is -2.85. The summed E-state index contributed by atoms with van der Waals surface area (Å²) in [5.41, 5.74) is 0.391. The number of benzene rings is 3. The summed E-state index contributed by atoms with van der Waals surface area (Å²) in [5.74, 6) is -1.82. The van der Waals surface area contributed by atoms with E-state index in [9.17, 15) is 22.4 Å². The predicted molar refractivity (Wildman–Crippen MR) is 164 cm³/mol. The van der Waals surface area contributed by atoms with Gasteiger partial charge in [-0.2, -0.15) is 0 Å². The molecule has 0 radical (unpaired) electrons. The Kier molecular flexibility index (Phi) is 10.8. The number of hydrogen-bond acceptors (Lipinski definition) is 4. The first-order chi connectivity index (χ1) is 20.0. The molecular weight excluding hydrogens is 624 g/mol. The van der Waals surface area contributed by atoms with Gasteiger partial charge in [0.05, 0.1) is 15.6 Å². The Labute approximate surface area is 260 Å². The second kappa shape index (κ2) is 14.1. The summed E-state index contributed by atoms with van der Waals surface area (Å²) in [4.78, 5) is 28.7. The van der Waals surface area contributed by atoms with Crippen molar-refractivity contribution in [3.63, 3.8) is 0 Å². The molecule has 0 heterocycles. The van der Waals surface area contributed by atoms with Crippen LogP contribution in [0.4, 0.5) is 10.1 Å². The first-order valence-corrected chi connectivity index (χ1v) is 16.1. The molecule has 3 aromatic carbocycles. The lowest BCUT2D eigenvalue weighted by atomic mass is 9.95. The number of carbonyl (C=O) groups is 2. The lowest BCUT2D eigenvalue weighted by Crippen LogP contribution is -2.53. The maximum absolute atomic E-state index is 14.1. The molecule has 1 fully saturated rings. The van der Waals surface area contributed by atoms with Crippen LogP contribution < -0.4 is 9.62 Å². The van der Waals surface area contributed by atoms with E-state index in [4.69, 9.17) is 34.8 Å². The van der Waals surface area contributed by atoms with Gasteiger partial charge in [0.25, 0.3) is 10.0 Å². The average Bonchev–Trinajstić information content (AvgIpc) is 2.97. The van der Waals surface area contributed by atoms with E-state index in [1.165, 1.54) is 23.1 Å². The number of anilines is 1. The van der Waals surface area contributed by atoms with Crippen molar-refractivity contribution in [1.82, 2.24) is 10.2 Å². The topological polar surface area (TPSA) is 86.8 Å². The highest BCUT2D eigenvalue weighted by atomic mass is 35.5. The minimum absolute atomic E-state index is 0.00846. The molecule has 1 aliphatic rings. The first-order valence-electron chi connectivity index (χ1n) is 13.5. The van der Waals surface area contributed by atoms with Gasteiger partial charge in [0.15, 0.2) is 0 Å². The molecule has 7 nitrogen and oxygen atoms in total. The first kappa shape index (κ1) is 32.1. The van der Waals surface area contributed by atoms with Gasteiger partial charge in [-0.05, 0) is 62.2 Å². The van der Waals surface area contributed by atoms with Crippen molar-refractivity contribution in [2.75, 3.05) is 10.8 Å². The van der Waals surface area contributed by atoms with Crippen molar-refractivity contribution in [2.24, 2.45) is 0 Å². The van der Waals surface area contributed by atoms with E-state index < -0.39 is 34.3 Å². The summed E-state index contributed by atoms with van der Waals surface area (Å²) >= 11 is 18.9. The van der Waals surface area contributed by atoms with E-state index in [1.807, 2.05) is 0 Å². The van der Waals surface area contributed by atoms with Gasteiger partial charge >= 0.3 is 0 Å². The molecule has 3 aromatic rings. The number of rotatable bonds is 10. The Morgan fingerprint density at radius 1 is 0.929 bits per heavy atom. The molecule has 0 aliphatic heterocycles. The summed E-state index contributed by atoms with van der Waals surface area (Å²) in [7, 11) is -4.32. The molecule has 1 saturated carbocycles. The standard InChI is InChI=1S/C30H31Cl3FN3O4S/c1-20(30(39)35-21-9-4-2-5-10-21)36(18-24-25(31)13-8-14-26(24)32)29(38)19-37(22-15-16-28(34)27(33)17-22)42(40,41)23-11-6-3-7-12-23/h3,6-8,11-17,20-21H,2,4-5,9-10,18-19H2,1H3,(H,35,39)/t20-/m0/s1. The largest absolute Gasteiger partial charge is 0.352 e. The molecule has 0 aromatic heterocycles. The molecule has 0 bridgehead atoms. The zero-order chi connectivity index (χ0) is 30.4. The molecule has 1 atom stereocenters. The van der Waals surface area contributed by atoms with E-state index in [2.05, 4.69) is 5.32 Å². The lowest BCUT2D eigenvalue weighted by molar-refractivity contribution is -0.139. The quantitative estimate of drug-likeness (QED) is 0.259. The van der Waals surface area contributed by atoms with Crippen molar-refractivity contribution in [3.05, 3.63) is 93.2 Å². The monoisotopic (exact) mass is 653 g/mol. The Morgan fingerprint density at radius 2 is 1.57 bits per heavy atom. The van der Waals surface area contributed by atoms with Gasteiger partial charge in [0, 0.05) is 28.2 Å². The molecule has 2 amide bonds. The Bertz CT molecular complexity index is 1520. The van der Waals surface area contributed by atoms with E-state index in [-0.39, 0.29) is 34.1 Å². The van der Waals surface area contributed by atoms with Gasteiger partial charge in [-0.3, -0.25) is 13.9 Å². The van der Waals surface area contributed by atoms with E-state index >= 15 is 0 Å². The molecule has 1 N–H and O–H groups in total. The molecule has 0 saturated heterocycles. The van der Waals surface area contributed by atoms with Crippen molar-refractivity contribution in [3.8, 4) is 0 Å². The van der Waals surface area contributed by atoms with E-state index in [0.29, 0.717) is 15.6 Å². The molecule has 0 unspecified atom stereocenters. The Balaban J connectivity index is 1.72. The zero-order valence-corrected chi connectivity index (χ0v) is 26.0. The highest BCUT2D eigenvalue weighted by Gasteiger charge is 2.34. The zero-order valence-electron chi connectivity index (χ0n) is 22.9. The summed E-state index contributed by atoms with van der Waals surface area (Å²) in [5, 5.41) is 3.30. The second-order valence-corrected chi connectivity index (χ2v) is 13.2. The number of nitrogens with one attached hydrogen (secondary N) is 1. The van der Waals surface area contributed by atoms with Crippen LogP contribution in [0.25, 0.3) is 0 Å². The minimum Gasteiger partial charge on any atom is -0.352 e. The van der Waals surface area contributed by atoms with Gasteiger partial charge in [-0.25, -0.2) is 12.8 Å². The fraction of sp³-hybridized carbons (Fsp3) is 0.333. The maximum Gasteiger partial charge on any atom is 0.264 e. The smallest absolute Gasteiger partial charge is 0.264 e. The average molecular weight is 655 g/mol. The van der Waals surface area contributed by atoms with Crippen LogP contribution in [0.1, 0.15) is 44.6 Å². The number of sulfonamides is 1. The molecule has 42 heavy (non-hydrogen) atoms. The van der Waals surface area contributed by atoms with Gasteiger partial charge in [-0.1, -0.05) is 78.3 Å². The number of amides is 2. The van der Waals surface area contributed by atoms with Crippen molar-refractivity contribution in [2.45, 2.75) is 62.6 Å². The molecule has 4 rings (SSSR count). The summed E-state index contributed by atoms with van der Waals surface area (Å²) < 4.78 is 42.5. The van der Waals surface area contributed by atoms with Gasteiger partial charge in [-0.15, -0.1) is 0 Å². The fourth-order valence-electron chi connectivity index (χ4n) is 4.89. The normalized spacial score (nSPS) is 14.7. The third kappa shape index (κ3) is 7.56. The summed E-state index contributed by atoms with van der Waals surface area (Å²) in [6, 6.07) is 14.8. The van der Waals surface area contributed by atoms with Crippen LogP contribution in [0.5, 0.6) is 0 Å². The summed E-state index contributed by atoms with van der Waals surface area (Å²) in [6.07, 6.45) is 4.80. The summed E-state index contributed by atoms with van der Waals surface area (Å²) in [6.45, 7) is 0.716. The third-order valence-electron chi connectivity index (χ3n) is 7.31. The highest BCUT2D eigenvalue weighted by Crippen LogP contribution is 2.30. The third-order valence-corrected chi connectivity index (χ3v) is 10.1. The van der Waals surface area contributed by atoms with Crippen LogP contribution >= 0.6 is 34.8 Å². The van der Waals surface area contributed by atoms with E-state index in [0.717, 1.165) is 48.5 Å². The molecule has 1 aliphatic carbocycles. The predicted octanol–water partition coefficient (Wildman–Crippen LogP) is 6.85. The SMILES string of the molecule is C[C@@H](C(=O)NC1CCCCC1)N(Cc1c(Cl)cccc1Cl)C(=O)CN(c1ccc(F)c(Cl)c1)S(=O)(=O)c1ccccc1. The van der Waals surface area contributed by atoms with Gasteiger partial charge < -0.3 is 10.2 Å². The van der Waals surface area contributed by atoms with Crippen molar-refractivity contribution in [1.29, 1.82) is 0 Å². The van der Waals surface area contributed by atoms with Crippen LogP contribution in [0.3, 0.4) is 0 Å². The fourth-order valence-corrected chi connectivity index (χ4v) is 7.01. The number of hydrogen-bond donors (Lipinski definition) is 1. The van der Waals surface area contributed by atoms with Crippen molar-refractivity contribution < 1.29 is 22.4 Å². The van der Waals surface area contributed by atoms with E-state index in [1.54, 1.807) is 43.3 Å². The lowest BCUT2D eigenvalue weighted by Gasteiger charge is -2.33. The number of nitrogens with zero attached hydrogens (tertiary/aromatic N) is 2.